The highest BCUT2D eigenvalue weighted by Crippen LogP contribution is 2.16. The van der Waals surface area contributed by atoms with Gasteiger partial charge in [0.1, 0.15) is 5.75 Å². The summed E-state index contributed by atoms with van der Waals surface area (Å²) in [5.74, 6) is -0.324. The van der Waals surface area contributed by atoms with E-state index in [2.05, 4.69) is 0 Å². The zero-order valence-electron chi connectivity index (χ0n) is 9.24. The molecule has 18 heavy (non-hydrogen) atoms. The standard InChI is InChI=1S/C13H10O4S/c14-13(10-5-2-1-3-6-10)17-11-7-4-8-12(9-11)18(15)16/h1-9H,(H,15,16)/p-1. The van der Waals surface area contributed by atoms with Gasteiger partial charge in [0.2, 0.25) is 0 Å². The zero-order valence-corrected chi connectivity index (χ0v) is 10.1. The quantitative estimate of drug-likeness (QED) is 0.482. The molecule has 0 heterocycles. The zero-order chi connectivity index (χ0) is 13.0. The van der Waals surface area contributed by atoms with E-state index in [4.69, 9.17) is 4.74 Å². The molecule has 0 saturated carbocycles. The predicted molar refractivity (Wildman–Crippen MR) is 65.0 cm³/mol. The van der Waals surface area contributed by atoms with Crippen LogP contribution in [0.1, 0.15) is 10.4 Å². The summed E-state index contributed by atoms with van der Waals surface area (Å²) in [7, 11) is 0. The van der Waals surface area contributed by atoms with Crippen LogP contribution < -0.4 is 4.74 Å². The molecule has 92 valence electrons. The van der Waals surface area contributed by atoms with Gasteiger partial charge in [-0.25, -0.2) is 4.79 Å². The highest BCUT2D eigenvalue weighted by Gasteiger charge is 2.07. The summed E-state index contributed by atoms with van der Waals surface area (Å²) in [4.78, 5) is 11.8. The van der Waals surface area contributed by atoms with Gasteiger partial charge in [-0.2, -0.15) is 0 Å². The molecule has 4 nitrogen and oxygen atoms in total. The van der Waals surface area contributed by atoms with Gasteiger partial charge >= 0.3 is 5.97 Å². The Morgan fingerprint density at radius 1 is 1.06 bits per heavy atom. The molecule has 0 aromatic heterocycles. The first-order chi connectivity index (χ1) is 8.66. The van der Waals surface area contributed by atoms with Crippen LogP contribution in [0.15, 0.2) is 59.5 Å². The van der Waals surface area contributed by atoms with Crippen molar-refractivity contribution < 1.29 is 18.3 Å². The molecule has 0 amide bonds. The Labute approximate surface area is 107 Å². The summed E-state index contributed by atoms with van der Waals surface area (Å²) >= 11 is -2.34. The van der Waals surface area contributed by atoms with Gasteiger partial charge in [0.15, 0.2) is 0 Å². The van der Waals surface area contributed by atoms with E-state index < -0.39 is 17.0 Å². The fraction of sp³-hybridized carbons (Fsp3) is 0. The third-order valence-electron chi connectivity index (χ3n) is 2.22. The Morgan fingerprint density at radius 2 is 1.78 bits per heavy atom. The van der Waals surface area contributed by atoms with Crippen molar-refractivity contribution in [2.75, 3.05) is 0 Å². The van der Waals surface area contributed by atoms with Gasteiger partial charge < -0.3 is 9.29 Å². The lowest BCUT2D eigenvalue weighted by molar-refractivity contribution is 0.0734. The average Bonchev–Trinajstić information content (AvgIpc) is 2.40. The normalized spacial score (nSPS) is 11.8. The van der Waals surface area contributed by atoms with Gasteiger partial charge in [0.25, 0.3) is 0 Å². The minimum Gasteiger partial charge on any atom is -0.768 e. The number of hydrogen-bond donors (Lipinski definition) is 0. The molecule has 0 fully saturated rings. The molecule has 0 aliphatic heterocycles. The molecule has 0 N–H and O–H groups in total. The minimum absolute atomic E-state index is 0.0772. The lowest BCUT2D eigenvalue weighted by atomic mass is 10.2. The third kappa shape index (κ3) is 3.03. The number of hydrogen-bond acceptors (Lipinski definition) is 4. The smallest absolute Gasteiger partial charge is 0.343 e. The molecule has 0 saturated heterocycles. The summed E-state index contributed by atoms with van der Waals surface area (Å²) in [6.07, 6.45) is 0. The number of rotatable bonds is 3. The molecule has 0 radical (unpaired) electrons. The Kier molecular flexibility index (Phi) is 3.86. The van der Waals surface area contributed by atoms with Gasteiger partial charge in [0.05, 0.1) is 5.56 Å². The van der Waals surface area contributed by atoms with Crippen molar-refractivity contribution in [2.24, 2.45) is 0 Å². The van der Waals surface area contributed by atoms with E-state index in [1.807, 2.05) is 0 Å². The maximum Gasteiger partial charge on any atom is 0.343 e. The second kappa shape index (κ2) is 5.57. The lowest BCUT2D eigenvalue weighted by Crippen LogP contribution is -2.08. The molecule has 0 aliphatic carbocycles. The van der Waals surface area contributed by atoms with Crippen molar-refractivity contribution in [3.05, 3.63) is 60.2 Å². The van der Waals surface area contributed by atoms with Crippen LogP contribution in [0.5, 0.6) is 5.75 Å². The van der Waals surface area contributed by atoms with E-state index in [0.717, 1.165) is 0 Å². The first-order valence-corrected chi connectivity index (χ1v) is 6.21. The van der Waals surface area contributed by atoms with E-state index in [9.17, 15) is 13.6 Å². The van der Waals surface area contributed by atoms with E-state index in [-0.39, 0.29) is 10.6 Å². The Balaban J connectivity index is 2.17. The van der Waals surface area contributed by atoms with E-state index >= 15 is 0 Å². The Hall–Kier alpha value is -1.98. The molecule has 2 aromatic rings. The number of carbonyl (C=O) groups is 1. The number of benzene rings is 2. The van der Waals surface area contributed by atoms with E-state index in [0.29, 0.717) is 5.56 Å². The highest BCUT2D eigenvalue weighted by atomic mass is 32.2. The van der Waals surface area contributed by atoms with Crippen LogP contribution in [0, 0.1) is 0 Å². The fourth-order valence-electron chi connectivity index (χ4n) is 1.38. The van der Waals surface area contributed by atoms with Crippen LogP contribution >= 0.6 is 0 Å². The van der Waals surface area contributed by atoms with Crippen molar-refractivity contribution in [3.8, 4) is 5.75 Å². The second-order valence-electron chi connectivity index (χ2n) is 3.47. The molecule has 2 aromatic carbocycles. The summed E-state index contributed by atoms with van der Waals surface area (Å²) in [5.41, 5.74) is 0.408. The van der Waals surface area contributed by atoms with E-state index in [1.54, 1.807) is 30.3 Å². The largest absolute Gasteiger partial charge is 0.768 e. The van der Waals surface area contributed by atoms with Gasteiger partial charge in [-0.15, -0.1) is 0 Å². The maximum absolute atomic E-state index is 11.7. The summed E-state index contributed by atoms with van der Waals surface area (Å²) < 4.78 is 26.6. The number of carbonyl (C=O) groups excluding carboxylic acids is 1. The van der Waals surface area contributed by atoms with Crippen LogP contribution in [0.3, 0.4) is 0 Å². The van der Waals surface area contributed by atoms with Gasteiger partial charge in [-0.05, 0) is 41.4 Å². The molecular formula is C13H9O4S-. The van der Waals surface area contributed by atoms with Crippen molar-refractivity contribution in [2.45, 2.75) is 4.90 Å². The molecular weight excluding hydrogens is 252 g/mol. The van der Waals surface area contributed by atoms with Crippen LogP contribution in [0.2, 0.25) is 0 Å². The fourth-order valence-corrected chi connectivity index (χ4v) is 1.78. The number of ether oxygens (including phenoxy) is 1. The topological polar surface area (TPSA) is 66.4 Å². The molecule has 1 atom stereocenters. The molecule has 0 bridgehead atoms. The number of esters is 1. The van der Waals surface area contributed by atoms with Crippen molar-refractivity contribution in [3.63, 3.8) is 0 Å². The van der Waals surface area contributed by atoms with Gasteiger partial charge in [-0.3, -0.25) is 4.21 Å². The molecule has 0 aliphatic rings. The van der Waals surface area contributed by atoms with Crippen molar-refractivity contribution in [1.82, 2.24) is 0 Å². The SMILES string of the molecule is O=C(Oc1cccc(S(=O)[O-])c1)c1ccccc1. The van der Waals surface area contributed by atoms with Gasteiger partial charge in [-0.1, -0.05) is 24.3 Å². The van der Waals surface area contributed by atoms with Gasteiger partial charge in [0, 0.05) is 4.90 Å². The average molecular weight is 261 g/mol. The van der Waals surface area contributed by atoms with Crippen LogP contribution in [-0.4, -0.2) is 14.7 Å². The third-order valence-corrected chi connectivity index (χ3v) is 2.86. The van der Waals surface area contributed by atoms with E-state index in [1.165, 1.54) is 24.3 Å². The first kappa shape index (κ1) is 12.5. The Morgan fingerprint density at radius 3 is 2.44 bits per heavy atom. The second-order valence-corrected chi connectivity index (χ2v) is 4.41. The molecule has 1 unspecified atom stereocenters. The lowest BCUT2D eigenvalue weighted by Gasteiger charge is -2.08. The predicted octanol–water partition coefficient (Wildman–Crippen LogP) is 2.14. The van der Waals surface area contributed by atoms with Crippen molar-refractivity contribution in [1.29, 1.82) is 0 Å². The van der Waals surface area contributed by atoms with Crippen LogP contribution in [0.25, 0.3) is 0 Å². The summed E-state index contributed by atoms with van der Waals surface area (Å²) in [6, 6.07) is 14.2. The van der Waals surface area contributed by atoms with Crippen LogP contribution in [-0.2, 0) is 11.1 Å². The summed E-state index contributed by atoms with van der Waals surface area (Å²) in [6.45, 7) is 0. The molecule has 2 rings (SSSR count). The summed E-state index contributed by atoms with van der Waals surface area (Å²) in [5, 5.41) is 0. The maximum atomic E-state index is 11.7. The first-order valence-electron chi connectivity index (χ1n) is 5.13. The molecule has 5 heteroatoms. The van der Waals surface area contributed by atoms with Crippen LogP contribution in [0.4, 0.5) is 0 Å². The highest BCUT2D eigenvalue weighted by molar-refractivity contribution is 7.79. The Bertz CT molecular complexity index is 581. The molecule has 0 spiro atoms. The monoisotopic (exact) mass is 261 g/mol. The van der Waals surface area contributed by atoms with Crippen molar-refractivity contribution >= 4 is 17.0 Å². The minimum atomic E-state index is -2.34.